The van der Waals surface area contributed by atoms with E-state index in [2.05, 4.69) is 10.4 Å². The van der Waals surface area contributed by atoms with Gasteiger partial charge in [0.1, 0.15) is 5.75 Å². The zero-order valence-electron chi connectivity index (χ0n) is 8.90. The summed E-state index contributed by atoms with van der Waals surface area (Å²) in [6, 6.07) is 4.37. The van der Waals surface area contributed by atoms with Crippen molar-refractivity contribution >= 4 is 29.6 Å². The first kappa shape index (κ1) is 13.0. The lowest BCUT2D eigenvalue weighted by Gasteiger charge is -1.99. The van der Waals surface area contributed by atoms with Crippen LogP contribution in [0.5, 0.6) is 5.75 Å². The van der Waals surface area contributed by atoms with Gasteiger partial charge < -0.3 is 10.4 Å². The predicted molar refractivity (Wildman–Crippen MR) is 62.9 cm³/mol. The molecule has 1 aromatic rings. The van der Waals surface area contributed by atoms with Crippen LogP contribution in [-0.2, 0) is 9.59 Å². The third kappa shape index (κ3) is 3.76. The van der Waals surface area contributed by atoms with Crippen LogP contribution >= 0.6 is 11.6 Å². The minimum Gasteiger partial charge on any atom is -0.507 e. The number of halogens is 1. The molecular weight excluding hydrogens is 246 g/mol. The van der Waals surface area contributed by atoms with Crippen LogP contribution in [0.4, 0.5) is 0 Å². The van der Waals surface area contributed by atoms with Crippen LogP contribution in [0, 0.1) is 0 Å². The van der Waals surface area contributed by atoms with Gasteiger partial charge in [0, 0.05) is 17.6 Å². The molecule has 0 fully saturated rings. The molecule has 3 N–H and O–H groups in total. The fraction of sp³-hybridized carbons (Fsp3) is 0.100. The summed E-state index contributed by atoms with van der Waals surface area (Å²) in [7, 11) is 1.33. The summed E-state index contributed by atoms with van der Waals surface area (Å²) in [6.45, 7) is 0. The van der Waals surface area contributed by atoms with Crippen molar-refractivity contribution in [3.8, 4) is 5.75 Å². The van der Waals surface area contributed by atoms with Crippen molar-refractivity contribution in [2.75, 3.05) is 7.05 Å². The molecule has 0 aliphatic rings. The van der Waals surface area contributed by atoms with E-state index in [4.69, 9.17) is 11.6 Å². The Morgan fingerprint density at radius 3 is 2.76 bits per heavy atom. The number of phenols is 1. The Kier molecular flexibility index (Phi) is 4.47. The number of phenolic OH excluding ortho intramolecular Hbond substituents is 1. The highest BCUT2D eigenvalue weighted by molar-refractivity contribution is 6.35. The Morgan fingerprint density at radius 2 is 2.12 bits per heavy atom. The number of carbonyl (C=O) groups is 2. The second-order valence-electron chi connectivity index (χ2n) is 2.98. The fourth-order valence-corrected chi connectivity index (χ4v) is 1.13. The van der Waals surface area contributed by atoms with Crippen molar-refractivity contribution in [2.24, 2.45) is 5.10 Å². The number of nitrogens with one attached hydrogen (secondary N) is 2. The van der Waals surface area contributed by atoms with Crippen molar-refractivity contribution in [1.29, 1.82) is 0 Å². The highest BCUT2D eigenvalue weighted by atomic mass is 35.5. The van der Waals surface area contributed by atoms with Crippen LogP contribution in [0.15, 0.2) is 23.3 Å². The third-order valence-electron chi connectivity index (χ3n) is 1.79. The van der Waals surface area contributed by atoms with Gasteiger partial charge in [-0.05, 0) is 18.2 Å². The summed E-state index contributed by atoms with van der Waals surface area (Å²) in [4.78, 5) is 21.8. The predicted octanol–water partition coefficient (Wildman–Crippen LogP) is 0.242. The lowest BCUT2D eigenvalue weighted by molar-refractivity contribution is -0.138. The van der Waals surface area contributed by atoms with Crippen LogP contribution in [0.2, 0.25) is 5.02 Å². The molecule has 17 heavy (non-hydrogen) atoms. The van der Waals surface area contributed by atoms with Gasteiger partial charge in [-0.3, -0.25) is 9.59 Å². The molecule has 0 aliphatic heterocycles. The minimum absolute atomic E-state index is 0.0349. The standard InChI is InChI=1S/C10H10ClN3O3/c1-12-9(16)10(17)14-13-5-6-4-7(11)2-3-8(6)15/h2-5,15H,1H3,(H,12,16)(H,14,17)/b13-5-. The molecular formula is C10H10ClN3O3. The lowest BCUT2D eigenvalue weighted by Crippen LogP contribution is -2.35. The maximum absolute atomic E-state index is 11.0. The average Bonchev–Trinajstić information content (AvgIpc) is 2.32. The quantitative estimate of drug-likeness (QED) is 0.402. The molecule has 1 rings (SSSR count). The second kappa shape index (κ2) is 5.86. The number of benzene rings is 1. The van der Waals surface area contributed by atoms with E-state index < -0.39 is 11.8 Å². The van der Waals surface area contributed by atoms with Crippen molar-refractivity contribution in [1.82, 2.24) is 10.7 Å². The normalized spacial score (nSPS) is 10.2. The highest BCUT2D eigenvalue weighted by Crippen LogP contribution is 2.19. The molecule has 0 spiro atoms. The Bertz CT molecular complexity index is 474. The number of hydrogen-bond donors (Lipinski definition) is 3. The van der Waals surface area contributed by atoms with E-state index in [-0.39, 0.29) is 5.75 Å². The number of hydrogen-bond acceptors (Lipinski definition) is 4. The van der Waals surface area contributed by atoms with Crippen molar-refractivity contribution in [2.45, 2.75) is 0 Å². The molecule has 0 saturated carbocycles. The van der Waals surface area contributed by atoms with Gasteiger partial charge in [0.15, 0.2) is 0 Å². The van der Waals surface area contributed by atoms with Gasteiger partial charge in [-0.25, -0.2) is 5.43 Å². The first-order chi connectivity index (χ1) is 8.04. The van der Waals surface area contributed by atoms with Gasteiger partial charge in [0.2, 0.25) is 0 Å². The molecule has 0 aromatic heterocycles. The summed E-state index contributed by atoms with van der Waals surface area (Å²) in [5, 5.41) is 15.5. The largest absolute Gasteiger partial charge is 0.507 e. The summed E-state index contributed by atoms with van der Waals surface area (Å²) in [5.41, 5.74) is 2.32. The molecule has 0 unspecified atom stereocenters. The van der Waals surface area contributed by atoms with Crippen LogP contribution in [0.25, 0.3) is 0 Å². The van der Waals surface area contributed by atoms with Gasteiger partial charge in [-0.1, -0.05) is 11.6 Å². The number of rotatable bonds is 2. The van der Waals surface area contributed by atoms with Crippen molar-refractivity contribution < 1.29 is 14.7 Å². The molecule has 7 heteroatoms. The summed E-state index contributed by atoms with van der Waals surface area (Å²) in [6.07, 6.45) is 1.18. The van der Waals surface area contributed by atoms with E-state index in [1.807, 2.05) is 5.43 Å². The molecule has 0 radical (unpaired) electrons. The number of amides is 2. The Morgan fingerprint density at radius 1 is 1.41 bits per heavy atom. The maximum Gasteiger partial charge on any atom is 0.329 e. The summed E-state index contributed by atoms with van der Waals surface area (Å²) >= 11 is 5.71. The second-order valence-corrected chi connectivity index (χ2v) is 3.42. The molecule has 1 aromatic carbocycles. The average molecular weight is 256 g/mol. The van der Waals surface area contributed by atoms with Gasteiger partial charge in [-0.2, -0.15) is 5.10 Å². The molecule has 0 aliphatic carbocycles. The Balaban J connectivity index is 2.68. The maximum atomic E-state index is 11.0. The molecule has 2 amide bonds. The van der Waals surface area contributed by atoms with E-state index in [0.29, 0.717) is 10.6 Å². The van der Waals surface area contributed by atoms with Gasteiger partial charge in [0.25, 0.3) is 0 Å². The SMILES string of the molecule is CNC(=O)C(=O)N/N=C\c1cc(Cl)ccc1O. The van der Waals surface area contributed by atoms with Crippen LogP contribution in [-0.4, -0.2) is 30.2 Å². The van der Waals surface area contributed by atoms with E-state index in [9.17, 15) is 14.7 Å². The Labute approximate surface area is 102 Å². The number of aromatic hydroxyl groups is 1. The first-order valence-corrected chi connectivity index (χ1v) is 4.96. The van der Waals surface area contributed by atoms with E-state index >= 15 is 0 Å². The highest BCUT2D eigenvalue weighted by Gasteiger charge is 2.08. The van der Waals surface area contributed by atoms with Gasteiger partial charge >= 0.3 is 11.8 Å². The van der Waals surface area contributed by atoms with E-state index in [1.54, 1.807) is 0 Å². The van der Waals surface area contributed by atoms with Gasteiger partial charge in [0.05, 0.1) is 6.21 Å². The third-order valence-corrected chi connectivity index (χ3v) is 2.03. The fourth-order valence-electron chi connectivity index (χ4n) is 0.954. The zero-order chi connectivity index (χ0) is 12.8. The topological polar surface area (TPSA) is 90.8 Å². The van der Waals surface area contributed by atoms with Crippen LogP contribution in [0.1, 0.15) is 5.56 Å². The van der Waals surface area contributed by atoms with Crippen LogP contribution < -0.4 is 10.7 Å². The number of likely N-dealkylation sites (N-methyl/N-ethyl adjacent to an activating group) is 1. The monoisotopic (exact) mass is 255 g/mol. The molecule has 0 saturated heterocycles. The number of carbonyl (C=O) groups excluding carboxylic acids is 2. The van der Waals surface area contributed by atoms with E-state index in [0.717, 1.165) is 0 Å². The zero-order valence-corrected chi connectivity index (χ0v) is 9.65. The molecule has 6 nitrogen and oxygen atoms in total. The molecule has 0 heterocycles. The molecule has 0 bridgehead atoms. The smallest absolute Gasteiger partial charge is 0.329 e. The van der Waals surface area contributed by atoms with Crippen molar-refractivity contribution in [3.05, 3.63) is 28.8 Å². The molecule has 90 valence electrons. The summed E-state index contributed by atoms with van der Waals surface area (Å²) in [5.74, 6) is -1.74. The first-order valence-electron chi connectivity index (χ1n) is 4.58. The summed E-state index contributed by atoms with van der Waals surface area (Å²) < 4.78 is 0. The minimum atomic E-state index is -0.898. The van der Waals surface area contributed by atoms with Gasteiger partial charge in [-0.15, -0.1) is 0 Å². The molecule has 0 atom stereocenters. The lowest BCUT2D eigenvalue weighted by atomic mass is 10.2. The Hall–Kier alpha value is -2.08. The number of nitrogens with zero attached hydrogens (tertiary/aromatic N) is 1. The number of hydrazone groups is 1. The van der Waals surface area contributed by atoms with E-state index in [1.165, 1.54) is 31.5 Å². The van der Waals surface area contributed by atoms with Crippen LogP contribution in [0.3, 0.4) is 0 Å². The van der Waals surface area contributed by atoms with Crippen molar-refractivity contribution in [3.63, 3.8) is 0 Å².